The lowest BCUT2D eigenvalue weighted by Crippen LogP contribution is -2.44. The molecular weight excluding hydrogens is 292 g/mol. The lowest BCUT2D eigenvalue weighted by Gasteiger charge is -2.23. The highest BCUT2D eigenvalue weighted by Crippen LogP contribution is 2.19. The van der Waals surface area contributed by atoms with Gasteiger partial charge in [-0.05, 0) is 24.1 Å². The molecule has 1 aromatic carbocycles. The molecule has 2 amide bonds. The highest BCUT2D eigenvalue weighted by atomic mass is 35.5. The number of carbonyl (C=O) groups is 2. The minimum absolute atomic E-state index is 0.389. The molecular formula is C15H21ClN2O3. The van der Waals surface area contributed by atoms with E-state index in [1.54, 1.807) is 24.3 Å². The molecule has 5 nitrogen and oxygen atoms in total. The second-order valence-electron chi connectivity index (χ2n) is 4.83. The molecule has 0 saturated heterocycles. The Bertz CT molecular complexity index is 490. The minimum atomic E-state index is -1.08. The number of nitrogens with zero attached hydrogens (tertiary/aromatic N) is 1. The zero-order valence-corrected chi connectivity index (χ0v) is 13.1. The van der Waals surface area contributed by atoms with Crippen molar-refractivity contribution in [3.63, 3.8) is 0 Å². The van der Waals surface area contributed by atoms with Crippen LogP contribution in [0.3, 0.4) is 0 Å². The average Bonchev–Trinajstić information content (AvgIpc) is 2.45. The summed E-state index contributed by atoms with van der Waals surface area (Å²) in [4.78, 5) is 24.4. The molecule has 0 atom stereocenters. The number of nitrogens with one attached hydrogen (secondary N) is 1. The van der Waals surface area contributed by atoms with E-state index in [2.05, 4.69) is 19.2 Å². The predicted molar refractivity (Wildman–Crippen MR) is 83.9 cm³/mol. The number of halogens is 1. The standard InChI is InChI=1S/C15H21ClN2O3/c1-3-11(4-2)9-17-15(21)18(10-14(19)20)13-7-5-6-12(16)8-13/h5-8,11H,3-4,9-10H2,1-2H3,(H,17,21)(H,19,20). The van der Waals surface area contributed by atoms with Gasteiger partial charge in [0.2, 0.25) is 0 Å². The van der Waals surface area contributed by atoms with Crippen LogP contribution in [0.5, 0.6) is 0 Å². The molecule has 0 fully saturated rings. The fraction of sp³-hybridized carbons (Fsp3) is 0.467. The summed E-state index contributed by atoms with van der Waals surface area (Å²) in [5, 5.41) is 12.2. The molecule has 0 unspecified atom stereocenters. The Labute approximate surface area is 129 Å². The maximum atomic E-state index is 12.2. The van der Waals surface area contributed by atoms with Crippen molar-refractivity contribution in [3.8, 4) is 0 Å². The molecule has 0 radical (unpaired) electrons. The van der Waals surface area contributed by atoms with E-state index in [9.17, 15) is 9.59 Å². The van der Waals surface area contributed by atoms with Gasteiger partial charge >= 0.3 is 12.0 Å². The fourth-order valence-electron chi connectivity index (χ4n) is 1.96. The summed E-state index contributed by atoms with van der Waals surface area (Å²) in [5.74, 6) is -0.687. The SMILES string of the molecule is CCC(CC)CNC(=O)N(CC(=O)O)c1cccc(Cl)c1. The molecule has 0 spiro atoms. The van der Waals surface area contributed by atoms with Crippen LogP contribution >= 0.6 is 11.6 Å². The summed E-state index contributed by atoms with van der Waals surface area (Å²) < 4.78 is 0. The van der Waals surface area contributed by atoms with Gasteiger partial charge in [0.15, 0.2) is 0 Å². The first kappa shape index (κ1) is 17.3. The van der Waals surface area contributed by atoms with Gasteiger partial charge in [-0.2, -0.15) is 0 Å². The summed E-state index contributed by atoms with van der Waals surface area (Å²) >= 11 is 5.90. The maximum Gasteiger partial charge on any atom is 0.323 e. The molecule has 2 N–H and O–H groups in total. The van der Waals surface area contributed by atoms with E-state index in [1.165, 1.54) is 4.90 Å². The molecule has 1 aromatic rings. The lowest BCUT2D eigenvalue weighted by molar-refractivity contribution is -0.135. The van der Waals surface area contributed by atoms with Crippen molar-refractivity contribution < 1.29 is 14.7 Å². The van der Waals surface area contributed by atoms with Gasteiger partial charge < -0.3 is 10.4 Å². The second kappa shape index (κ2) is 8.52. The van der Waals surface area contributed by atoms with Gasteiger partial charge in [-0.15, -0.1) is 0 Å². The first-order valence-electron chi connectivity index (χ1n) is 7.00. The van der Waals surface area contributed by atoms with Gasteiger partial charge in [-0.25, -0.2) is 4.79 Å². The van der Waals surface area contributed by atoms with Crippen LogP contribution in [-0.2, 0) is 4.79 Å². The van der Waals surface area contributed by atoms with E-state index in [4.69, 9.17) is 16.7 Å². The molecule has 0 aliphatic carbocycles. The summed E-state index contributed by atoms with van der Waals surface area (Å²) in [6, 6.07) is 6.16. The molecule has 0 aromatic heterocycles. The number of carboxylic acids is 1. The van der Waals surface area contributed by atoms with Crippen molar-refractivity contribution in [2.45, 2.75) is 26.7 Å². The van der Waals surface area contributed by atoms with Gasteiger partial charge in [-0.3, -0.25) is 9.69 Å². The number of carboxylic acid groups (broad SMARTS) is 1. The third-order valence-corrected chi connectivity index (χ3v) is 3.59. The highest BCUT2D eigenvalue weighted by Gasteiger charge is 2.19. The zero-order chi connectivity index (χ0) is 15.8. The fourth-order valence-corrected chi connectivity index (χ4v) is 2.15. The highest BCUT2D eigenvalue weighted by molar-refractivity contribution is 6.30. The maximum absolute atomic E-state index is 12.2. The van der Waals surface area contributed by atoms with E-state index in [-0.39, 0.29) is 0 Å². The Morgan fingerprint density at radius 1 is 1.33 bits per heavy atom. The van der Waals surface area contributed by atoms with E-state index >= 15 is 0 Å². The number of urea groups is 1. The largest absolute Gasteiger partial charge is 0.480 e. The number of anilines is 1. The normalized spacial score (nSPS) is 10.5. The van der Waals surface area contributed by atoms with Crippen molar-refractivity contribution in [3.05, 3.63) is 29.3 Å². The number of hydrogen-bond acceptors (Lipinski definition) is 2. The summed E-state index contributed by atoms with van der Waals surface area (Å²) in [6.45, 7) is 4.25. The van der Waals surface area contributed by atoms with Crippen LogP contribution in [0.4, 0.5) is 10.5 Å². The van der Waals surface area contributed by atoms with Gasteiger partial charge in [-0.1, -0.05) is 44.4 Å². The first-order chi connectivity index (χ1) is 9.97. The third kappa shape index (κ3) is 5.63. The van der Waals surface area contributed by atoms with E-state index in [0.29, 0.717) is 23.2 Å². The number of benzene rings is 1. The Morgan fingerprint density at radius 2 is 2.00 bits per heavy atom. The number of rotatable bonds is 7. The number of aliphatic carboxylic acids is 1. The predicted octanol–water partition coefficient (Wildman–Crippen LogP) is 3.38. The number of amides is 2. The van der Waals surface area contributed by atoms with E-state index in [1.807, 2.05) is 0 Å². The number of hydrogen-bond donors (Lipinski definition) is 2. The number of carbonyl (C=O) groups excluding carboxylic acids is 1. The molecule has 0 aliphatic rings. The van der Waals surface area contributed by atoms with Gasteiger partial charge in [0.05, 0.1) is 0 Å². The van der Waals surface area contributed by atoms with E-state index in [0.717, 1.165) is 12.8 Å². The Morgan fingerprint density at radius 3 is 2.52 bits per heavy atom. The molecule has 6 heteroatoms. The van der Waals surface area contributed by atoms with Crippen LogP contribution in [0.25, 0.3) is 0 Å². The second-order valence-corrected chi connectivity index (χ2v) is 5.26. The molecule has 0 bridgehead atoms. The monoisotopic (exact) mass is 312 g/mol. The van der Waals surface area contributed by atoms with E-state index < -0.39 is 18.5 Å². The van der Waals surface area contributed by atoms with Gasteiger partial charge in [0, 0.05) is 17.3 Å². The van der Waals surface area contributed by atoms with Gasteiger partial charge in [0.25, 0.3) is 0 Å². The quantitative estimate of drug-likeness (QED) is 0.811. The van der Waals surface area contributed by atoms with Gasteiger partial charge in [0.1, 0.15) is 6.54 Å². The Balaban J connectivity index is 2.82. The molecule has 1 rings (SSSR count). The van der Waals surface area contributed by atoms with Crippen molar-refractivity contribution in [1.29, 1.82) is 0 Å². The van der Waals surface area contributed by atoms with Crippen LogP contribution in [0, 0.1) is 5.92 Å². The van der Waals surface area contributed by atoms with Crippen molar-refractivity contribution in [2.24, 2.45) is 5.92 Å². The topological polar surface area (TPSA) is 69.6 Å². The van der Waals surface area contributed by atoms with Crippen LogP contribution in [0.15, 0.2) is 24.3 Å². The van der Waals surface area contributed by atoms with Crippen molar-refractivity contribution in [2.75, 3.05) is 18.0 Å². The van der Waals surface area contributed by atoms with Crippen LogP contribution in [0.1, 0.15) is 26.7 Å². The smallest absolute Gasteiger partial charge is 0.323 e. The van der Waals surface area contributed by atoms with Crippen LogP contribution in [-0.4, -0.2) is 30.2 Å². The Hall–Kier alpha value is -1.75. The van der Waals surface area contributed by atoms with Crippen LogP contribution < -0.4 is 10.2 Å². The molecule has 116 valence electrons. The summed E-state index contributed by atoms with van der Waals surface area (Å²) in [6.07, 6.45) is 1.93. The molecule has 0 saturated carbocycles. The lowest BCUT2D eigenvalue weighted by atomic mass is 10.0. The summed E-state index contributed by atoms with van der Waals surface area (Å²) in [5.41, 5.74) is 0.465. The Kier molecular flexibility index (Phi) is 7.02. The third-order valence-electron chi connectivity index (χ3n) is 3.36. The first-order valence-corrected chi connectivity index (χ1v) is 7.38. The zero-order valence-electron chi connectivity index (χ0n) is 12.3. The average molecular weight is 313 g/mol. The minimum Gasteiger partial charge on any atom is -0.480 e. The van der Waals surface area contributed by atoms with Crippen molar-refractivity contribution >= 4 is 29.3 Å². The molecule has 21 heavy (non-hydrogen) atoms. The van der Waals surface area contributed by atoms with Crippen molar-refractivity contribution in [1.82, 2.24) is 5.32 Å². The molecule has 0 aliphatic heterocycles. The molecule has 0 heterocycles. The summed E-state index contributed by atoms with van der Waals surface area (Å²) in [7, 11) is 0. The van der Waals surface area contributed by atoms with Crippen LogP contribution in [0.2, 0.25) is 5.02 Å².